The Bertz CT molecular complexity index is 892. The highest BCUT2D eigenvalue weighted by molar-refractivity contribution is 5.76. The van der Waals surface area contributed by atoms with Crippen LogP contribution >= 0.6 is 0 Å². The molecule has 0 spiro atoms. The van der Waals surface area contributed by atoms with Crippen LogP contribution in [0.4, 0.5) is 30.2 Å². The van der Waals surface area contributed by atoms with Crippen molar-refractivity contribution < 1.29 is 23.0 Å². The molecule has 1 unspecified atom stereocenters. The Labute approximate surface area is 156 Å². The van der Waals surface area contributed by atoms with Crippen LogP contribution in [0.3, 0.4) is 0 Å². The Morgan fingerprint density at radius 3 is 2.29 bits per heavy atom. The van der Waals surface area contributed by atoms with Gasteiger partial charge in [0, 0.05) is 38.5 Å². The average Bonchev–Trinajstić information content (AvgIpc) is 3.22. The zero-order valence-electron chi connectivity index (χ0n) is 14.7. The Kier molecular flexibility index (Phi) is 4.96. The fourth-order valence-corrected chi connectivity index (χ4v) is 3.48. The van der Waals surface area contributed by atoms with Crippen molar-refractivity contribution in [2.75, 3.05) is 18.0 Å². The van der Waals surface area contributed by atoms with Gasteiger partial charge in [-0.25, -0.2) is 0 Å². The van der Waals surface area contributed by atoms with Gasteiger partial charge in [-0.3, -0.25) is 24.9 Å². The molecule has 0 radical (unpaired) electrons. The van der Waals surface area contributed by atoms with Crippen molar-refractivity contribution in [1.82, 2.24) is 9.78 Å². The molecule has 150 valence electrons. The maximum Gasteiger partial charge on any atom is 0.416 e. The predicted molar refractivity (Wildman–Crippen MR) is 92.0 cm³/mol. The second-order valence-electron chi connectivity index (χ2n) is 6.70. The lowest BCUT2D eigenvalue weighted by Crippen LogP contribution is -2.23. The quantitative estimate of drug-likeness (QED) is 0.564. The summed E-state index contributed by atoms with van der Waals surface area (Å²) in [5.74, 6) is 0.0469. The molecule has 0 N–H and O–H groups in total. The topological polar surface area (TPSA) is 107 Å². The molecule has 2 heterocycles. The van der Waals surface area contributed by atoms with E-state index in [2.05, 4.69) is 5.10 Å². The number of aromatic nitrogens is 2. The molecule has 0 aliphatic carbocycles. The van der Waals surface area contributed by atoms with E-state index in [4.69, 9.17) is 0 Å². The van der Waals surface area contributed by atoms with Crippen LogP contribution < -0.4 is 4.90 Å². The van der Waals surface area contributed by atoms with Gasteiger partial charge in [-0.1, -0.05) is 0 Å². The lowest BCUT2D eigenvalue weighted by Gasteiger charge is -2.19. The van der Waals surface area contributed by atoms with Crippen molar-refractivity contribution in [3.63, 3.8) is 0 Å². The average molecular weight is 399 g/mol. The number of nitro benzene ring substituents is 2. The number of nitrogens with zero attached hydrogens (tertiary/aromatic N) is 5. The first-order chi connectivity index (χ1) is 13.1. The summed E-state index contributed by atoms with van der Waals surface area (Å²) in [6.07, 6.45) is -0.198. The molecular weight excluding hydrogens is 383 g/mol. The summed E-state index contributed by atoms with van der Waals surface area (Å²) in [5, 5.41) is 26.8. The standard InChI is InChI=1S/C16H16F3N5O4/c1-21-8-11(7-20-21)4-10-2-3-22(9-10)15-13(23(25)26)5-12(16(17,18)19)6-14(15)24(27)28/h5-8,10H,2-4,9H2,1H3. The van der Waals surface area contributed by atoms with Crippen molar-refractivity contribution in [3.05, 3.63) is 55.9 Å². The molecule has 1 aliphatic heterocycles. The summed E-state index contributed by atoms with van der Waals surface area (Å²) in [4.78, 5) is 22.2. The third-order valence-electron chi connectivity index (χ3n) is 4.68. The third kappa shape index (κ3) is 3.89. The Morgan fingerprint density at radius 1 is 1.21 bits per heavy atom. The van der Waals surface area contributed by atoms with E-state index < -0.39 is 33.0 Å². The lowest BCUT2D eigenvalue weighted by atomic mass is 10.0. The highest BCUT2D eigenvalue weighted by Gasteiger charge is 2.40. The predicted octanol–water partition coefficient (Wildman–Crippen LogP) is 3.32. The minimum atomic E-state index is -4.93. The molecular formula is C16H16F3N5O4. The number of benzene rings is 1. The van der Waals surface area contributed by atoms with Gasteiger partial charge < -0.3 is 4.90 Å². The van der Waals surface area contributed by atoms with E-state index in [0.29, 0.717) is 25.0 Å². The van der Waals surface area contributed by atoms with E-state index in [0.717, 1.165) is 5.56 Å². The molecule has 1 saturated heterocycles. The second kappa shape index (κ2) is 7.09. The molecule has 0 saturated carbocycles. The van der Waals surface area contributed by atoms with E-state index in [1.165, 1.54) is 4.90 Å². The molecule has 1 fully saturated rings. The molecule has 2 aromatic rings. The highest BCUT2D eigenvalue weighted by Crippen LogP contribution is 2.44. The summed E-state index contributed by atoms with van der Waals surface area (Å²) in [6, 6.07) is 0.716. The van der Waals surface area contributed by atoms with Crippen LogP contribution in [0.15, 0.2) is 24.5 Å². The lowest BCUT2D eigenvalue weighted by molar-refractivity contribution is -0.393. The summed E-state index contributed by atoms with van der Waals surface area (Å²) in [5.41, 5.74) is -2.67. The van der Waals surface area contributed by atoms with Crippen LogP contribution in [-0.2, 0) is 19.6 Å². The molecule has 1 aliphatic rings. The number of alkyl halides is 3. The molecule has 9 nitrogen and oxygen atoms in total. The zero-order valence-corrected chi connectivity index (χ0v) is 14.7. The van der Waals surface area contributed by atoms with Gasteiger partial charge >= 0.3 is 6.18 Å². The smallest absolute Gasteiger partial charge is 0.360 e. The summed E-state index contributed by atoms with van der Waals surface area (Å²) >= 11 is 0. The van der Waals surface area contributed by atoms with Crippen LogP contribution in [0.1, 0.15) is 17.5 Å². The summed E-state index contributed by atoms with van der Waals surface area (Å²) in [7, 11) is 1.76. The van der Waals surface area contributed by atoms with Crippen LogP contribution in [0.25, 0.3) is 0 Å². The van der Waals surface area contributed by atoms with Crippen LogP contribution in [0.2, 0.25) is 0 Å². The summed E-state index contributed by atoms with van der Waals surface area (Å²) in [6.45, 7) is 0.542. The van der Waals surface area contributed by atoms with E-state index in [1.54, 1.807) is 17.9 Å². The molecule has 0 amide bonds. The number of hydrogen-bond acceptors (Lipinski definition) is 6. The monoisotopic (exact) mass is 399 g/mol. The first-order valence-electron chi connectivity index (χ1n) is 8.32. The third-order valence-corrected chi connectivity index (χ3v) is 4.68. The highest BCUT2D eigenvalue weighted by atomic mass is 19.4. The fraction of sp³-hybridized carbons (Fsp3) is 0.438. The first kappa shape index (κ1) is 19.6. The van der Waals surface area contributed by atoms with Gasteiger partial charge in [0.2, 0.25) is 0 Å². The van der Waals surface area contributed by atoms with Crippen molar-refractivity contribution >= 4 is 17.1 Å². The van der Waals surface area contributed by atoms with E-state index in [9.17, 15) is 33.4 Å². The van der Waals surface area contributed by atoms with Crippen molar-refractivity contribution in [1.29, 1.82) is 0 Å². The van der Waals surface area contributed by atoms with Gasteiger partial charge in [-0.2, -0.15) is 18.3 Å². The Balaban J connectivity index is 1.96. The van der Waals surface area contributed by atoms with Gasteiger partial charge in [0.1, 0.15) is 0 Å². The van der Waals surface area contributed by atoms with Crippen molar-refractivity contribution in [2.24, 2.45) is 13.0 Å². The van der Waals surface area contributed by atoms with Gasteiger partial charge in [-0.15, -0.1) is 0 Å². The minimum Gasteiger partial charge on any atom is -0.360 e. The SMILES string of the molecule is Cn1cc(CC2CCN(c3c([N+](=O)[O-])cc(C(F)(F)F)cc3[N+](=O)[O-])C2)cn1. The fourth-order valence-electron chi connectivity index (χ4n) is 3.48. The number of anilines is 1. The molecule has 12 heteroatoms. The van der Waals surface area contributed by atoms with Gasteiger partial charge in [-0.05, 0) is 24.3 Å². The number of nitro groups is 2. The van der Waals surface area contributed by atoms with Crippen molar-refractivity contribution in [3.8, 4) is 0 Å². The second-order valence-corrected chi connectivity index (χ2v) is 6.70. The number of hydrogen-bond donors (Lipinski definition) is 0. The van der Waals surface area contributed by atoms with Crippen LogP contribution in [0, 0.1) is 26.1 Å². The molecule has 28 heavy (non-hydrogen) atoms. The molecule has 1 atom stereocenters. The Morgan fingerprint density at radius 2 is 1.82 bits per heavy atom. The van der Waals surface area contributed by atoms with Crippen molar-refractivity contribution in [2.45, 2.75) is 19.0 Å². The van der Waals surface area contributed by atoms with Crippen LogP contribution in [-0.4, -0.2) is 32.7 Å². The maximum atomic E-state index is 13.0. The zero-order chi connectivity index (χ0) is 20.6. The number of aryl methyl sites for hydroxylation is 1. The molecule has 1 aromatic heterocycles. The van der Waals surface area contributed by atoms with Gasteiger partial charge in [0.25, 0.3) is 11.4 Å². The molecule has 3 rings (SSSR count). The maximum absolute atomic E-state index is 13.0. The number of halogens is 3. The number of rotatable bonds is 5. The van der Waals surface area contributed by atoms with Gasteiger partial charge in [0.15, 0.2) is 5.69 Å². The van der Waals surface area contributed by atoms with E-state index >= 15 is 0 Å². The van der Waals surface area contributed by atoms with E-state index in [1.807, 2.05) is 6.20 Å². The molecule has 1 aromatic carbocycles. The Hall–Kier alpha value is -3.18. The van der Waals surface area contributed by atoms with Gasteiger partial charge in [0.05, 0.1) is 21.6 Å². The summed E-state index contributed by atoms with van der Waals surface area (Å²) < 4.78 is 40.7. The molecule has 0 bridgehead atoms. The normalized spacial score (nSPS) is 17.1. The van der Waals surface area contributed by atoms with Crippen LogP contribution in [0.5, 0.6) is 0 Å². The van der Waals surface area contributed by atoms with E-state index in [-0.39, 0.29) is 24.7 Å². The first-order valence-corrected chi connectivity index (χ1v) is 8.32. The largest absolute Gasteiger partial charge is 0.416 e. The minimum absolute atomic E-state index is 0.0469.